The van der Waals surface area contributed by atoms with E-state index in [4.69, 9.17) is 0 Å². The quantitative estimate of drug-likeness (QED) is 0.0978. The van der Waals surface area contributed by atoms with Crippen LogP contribution in [0.15, 0.2) is 72.8 Å². The van der Waals surface area contributed by atoms with Crippen molar-refractivity contribution < 1.29 is 33.4 Å². The van der Waals surface area contributed by atoms with Crippen molar-refractivity contribution in [3.8, 4) is 0 Å². The molecule has 0 radical (unpaired) electrons. The maximum atomic E-state index is 12.3. The van der Waals surface area contributed by atoms with Crippen molar-refractivity contribution in [2.24, 2.45) is 0 Å². The molecule has 0 aliphatic carbocycles. The molecule has 50 heavy (non-hydrogen) atoms. The highest BCUT2D eigenvalue weighted by molar-refractivity contribution is 7.83. The van der Waals surface area contributed by atoms with Gasteiger partial charge in [0.1, 0.15) is 0 Å². The third kappa shape index (κ3) is 16.1. The van der Waals surface area contributed by atoms with Gasteiger partial charge in [-0.1, -0.05) is 0 Å². The third-order valence-electron chi connectivity index (χ3n) is 6.15. The average Bonchev–Trinajstić information content (AvgIpc) is 3.05. The highest BCUT2D eigenvalue weighted by atomic mass is 32.2. The van der Waals surface area contributed by atoms with Crippen LogP contribution in [-0.4, -0.2) is 93.8 Å². The Morgan fingerprint density at radius 2 is 0.760 bits per heavy atom. The van der Waals surface area contributed by atoms with Gasteiger partial charge in [0.05, 0.1) is 14.8 Å². The zero-order valence-corrected chi connectivity index (χ0v) is 27.8. The lowest BCUT2D eigenvalue weighted by atomic mass is 10.3. The predicted octanol–water partition coefficient (Wildman–Crippen LogP) is 3.47. The number of anilines is 3. The van der Waals surface area contributed by atoms with Gasteiger partial charge in [-0.05, 0) is 36.4 Å². The van der Waals surface area contributed by atoms with E-state index in [-0.39, 0.29) is 36.7 Å². The van der Waals surface area contributed by atoms with E-state index in [1.165, 1.54) is 72.8 Å². The maximum Gasteiger partial charge on any atom is 0.319 e. The standard InChI is InChI=1S/C27H30N10O9.C2H6OS/c38-25(31-19-1-7-22(8-2-19)35(41)42)28-13-16-34(17-14-29-26(39)32-20-3-9-23(10-4-20)36(43)44)18-15-30-27(40)33-21-5-11-24(12-6-21)37(45)46;1-4(2)3/h1-12H,13-18H2,(H2,28,31,38)(H2,29,32,39)(H2,30,33,40);1-2H3. The van der Waals surface area contributed by atoms with Crippen molar-refractivity contribution >= 4 is 63.0 Å². The summed E-state index contributed by atoms with van der Waals surface area (Å²) in [5, 5.41) is 48.1. The van der Waals surface area contributed by atoms with Gasteiger partial charge in [-0.15, -0.1) is 0 Å². The molecular formula is C29H36N10O10S. The smallest absolute Gasteiger partial charge is 0.319 e. The lowest BCUT2D eigenvalue weighted by molar-refractivity contribution is -0.385. The zero-order chi connectivity index (χ0) is 37.1. The van der Waals surface area contributed by atoms with Crippen LogP contribution in [-0.2, 0) is 10.8 Å². The van der Waals surface area contributed by atoms with Crippen LogP contribution in [0.2, 0.25) is 0 Å². The summed E-state index contributed by atoms with van der Waals surface area (Å²) in [4.78, 5) is 69.5. The molecule has 0 fully saturated rings. The summed E-state index contributed by atoms with van der Waals surface area (Å²) in [5.41, 5.74) is 0.703. The Bertz CT molecular complexity index is 1450. The lowest BCUT2D eigenvalue weighted by Gasteiger charge is -2.23. The van der Waals surface area contributed by atoms with Crippen molar-refractivity contribution in [2.75, 3.05) is 67.7 Å². The van der Waals surface area contributed by atoms with Crippen LogP contribution < -0.4 is 31.9 Å². The van der Waals surface area contributed by atoms with Gasteiger partial charge in [-0.25, -0.2) is 14.4 Å². The topological polar surface area (TPSA) is 273 Å². The van der Waals surface area contributed by atoms with Crippen LogP contribution in [0.3, 0.4) is 0 Å². The Morgan fingerprint density at radius 1 is 0.540 bits per heavy atom. The first-order valence-electron chi connectivity index (χ1n) is 14.6. The summed E-state index contributed by atoms with van der Waals surface area (Å²) in [7, 11) is -0.611. The first kappa shape index (κ1) is 40.0. The van der Waals surface area contributed by atoms with Gasteiger partial charge < -0.3 is 31.9 Å². The Balaban J connectivity index is 0.00000205. The Hall–Kier alpha value is -6.22. The normalized spacial score (nSPS) is 10.2. The van der Waals surface area contributed by atoms with Crippen molar-refractivity contribution in [1.82, 2.24) is 20.9 Å². The molecule has 0 aliphatic heterocycles. The average molecular weight is 717 g/mol. The van der Waals surface area contributed by atoms with Crippen molar-refractivity contribution in [3.05, 3.63) is 103 Å². The molecule has 268 valence electrons. The summed E-state index contributed by atoms with van der Waals surface area (Å²) in [6, 6.07) is 14.3. The molecule has 0 aliphatic rings. The van der Waals surface area contributed by atoms with E-state index in [9.17, 15) is 48.9 Å². The minimum atomic E-state index is -0.611. The lowest BCUT2D eigenvalue weighted by Crippen LogP contribution is -2.44. The summed E-state index contributed by atoms with van der Waals surface area (Å²) in [5.74, 6) is 0. The van der Waals surface area contributed by atoms with Crippen LogP contribution in [0.25, 0.3) is 0 Å². The van der Waals surface area contributed by atoms with Gasteiger partial charge in [-0.3, -0.25) is 39.5 Å². The zero-order valence-electron chi connectivity index (χ0n) is 27.0. The second kappa shape index (κ2) is 20.9. The van der Waals surface area contributed by atoms with Crippen molar-refractivity contribution in [3.63, 3.8) is 0 Å². The van der Waals surface area contributed by atoms with Gasteiger partial charge in [0.15, 0.2) is 0 Å². The number of hydrogen-bond donors (Lipinski definition) is 6. The maximum absolute atomic E-state index is 12.3. The fourth-order valence-corrected chi connectivity index (χ4v) is 3.84. The molecule has 3 aromatic carbocycles. The molecule has 0 atom stereocenters. The molecule has 0 heterocycles. The summed E-state index contributed by atoms with van der Waals surface area (Å²) in [6.45, 7) is 1.44. The molecule has 0 saturated carbocycles. The number of non-ortho nitro benzene ring substituents is 3. The molecule has 0 unspecified atom stereocenters. The van der Waals surface area contributed by atoms with Crippen LogP contribution in [0.1, 0.15) is 0 Å². The number of carbonyl (C=O) groups excluding carboxylic acids is 3. The fraction of sp³-hybridized carbons (Fsp3) is 0.276. The molecule has 0 bridgehead atoms. The molecule has 0 aromatic heterocycles. The van der Waals surface area contributed by atoms with Gasteiger partial charge >= 0.3 is 18.1 Å². The number of nitro benzene ring substituents is 3. The van der Waals surface area contributed by atoms with E-state index < -0.39 is 43.7 Å². The minimum Gasteiger partial charge on any atom is -0.337 e. The molecule has 21 heteroatoms. The third-order valence-corrected chi connectivity index (χ3v) is 6.15. The van der Waals surface area contributed by atoms with Crippen LogP contribution in [0.5, 0.6) is 0 Å². The number of hydrogen-bond acceptors (Lipinski definition) is 11. The van der Waals surface area contributed by atoms with E-state index in [0.717, 1.165) is 0 Å². The molecule has 0 saturated heterocycles. The number of rotatable bonds is 15. The summed E-state index contributed by atoms with van der Waals surface area (Å²) >= 11 is 0. The Labute approximate surface area is 287 Å². The minimum absolute atomic E-state index is 0.119. The van der Waals surface area contributed by atoms with Gasteiger partial charge in [0.25, 0.3) is 17.1 Å². The molecule has 3 rings (SSSR count). The molecule has 6 N–H and O–H groups in total. The van der Waals surface area contributed by atoms with E-state index >= 15 is 0 Å². The first-order valence-corrected chi connectivity index (χ1v) is 16.6. The van der Waals surface area contributed by atoms with Crippen LogP contribution >= 0.6 is 0 Å². The largest absolute Gasteiger partial charge is 0.337 e. The van der Waals surface area contributed by atoms with E-state index in [1.807, 2.05) is 4.90 Å². The molecule has 0 spiro atoms. The van der Waals surface area contributed by atoms with Gasteiger partial charge in [0, 0.05) is 116 Å². The second-order valence-electron chi connectivity index (χ2n) is 10.1. The van der Waals surface area contributed by atoms with E-state index in [2.05, 4.69) is 31.9 Å². The van der Waals surface area contributed by atoms with Crippen LogP contribution in [0, 0.1) is 30.3 Å². The number of nitrogens with one attached hydrogen (secondary N) is 6. The van der Waals surface area contributed by atoms with E-state index in [0.29, 0.717) is 36.7 Å². The number of carbonyl (C=O) groups is 3. The Kier molecular flexibility index (Phi) is 16.7. The highest BCUT2D eigenvalue weighted by Crippen LogP contribution is 2.17. The number of urea groups is 3. The molecule has 3 aromatic rings. The number of benzene rings is 3. The monoisotopic (exact) mass is 716 g/mol. The van der Waals surface area contributed by atoms with E-state index in [1.54, 1.807) is 12.5 Å². The molecular weight excluding hydrogens is 680 g/mol. The molecule has 20 nitrogen and oxygen atoms in total. The highest BCUT2D eigenvalue weighted by Gasteiger charge is 2.12. The van der Waals surface area contributed by atoms with Crippen molar-refractivity contribution in [1.29, 1.82) is 0 Å². The van der Waals surface area contributed by atoms with Crippen LogP contribution in [0.4, 0.5) is 48.5 Å². The number of nitrogens with zero attached hydrogens (tertiary/aromatic N) is 4. The number of amides is 6. The summed E-state index contributed by atoms with van der Waals surface area (Å²) < 4.78 is 9.56. The molecule has 6 amide bonds. The predicted molar refractivity (Wildman–Crippen MR) is 187 cm³/mol. The van der Waals surface area contributed by atoms with Gasteiger partial charge in [0.2, 0.25) is 0 Å². The SMILES string of the molecule is CS(C)=O.O=C(NCCN(CCNC(=O)Nc1ccc([N+](=O)[O-])cc1)CCNC(=O)Nc1ccc([N+](=O)[O-])cc1)Nc1ccc([N+](=O)[O-])cc1. The van der Waals surface area contributed by atoms with Crippen molar-refractivity contribution in [2.45, 2.75) is 0 Å². The van der Waals surface area contributed by atoms with Gasteiger partial charge in [-0.2, -0.15) is 0 Å². The Morgan fingerprint density at radius 3 is 0.960 bits per heavy atom. The first-order chi connectivity index (χ1) is 23.7. The summed E-state index contributed by atoms with van der Waals surface area (Å²) in [6.07, 6.45) is 3.28. The fourth-order valence-electron chi connectivity index (χ4n) is 3.84. The second-order valence-corrected chi connectivity index (χ2v) is 11.6. The number of nitro groups is 3.